The van der Waals surface area contributed by atoms with Crippen LogP contribution in [0.4, 0.5) is 5.69 Å². The summed E-state index contributed by atoms with van der Waals surface area (Å²) in [5.74, 6) is -0.716. The fourth-order valence-corrected chi connectivity index (χ4v) is 2.70. The maximum atomic E-state index is 12.3. The summed E-state index contributed by atoms with van der Waals surface area (Å²) < 4.78 is 5.27. The van der Waals surface area contributed by atoms with Gasteiger partial charge in [0.05, 0.1) is 4.92 Å². The lowest BCUT2D eigenvalue weighted by Gasteiger charge is -2.19. The van der Waals surface area contributed by atoms with Crippen molar-refractivity contribution in [1.29, 1.82) is 0 Å². The van der Waals surface area contributed by atoms with Crippen molar-refractivity contribution in [3.8, 4) is 11.1 Å². The van der Waals surface area contributed by atoms with Gasteiger partial charge >= 0.3 is 5.97 Å². The third-order valence-corrected chi connectivity index (χ3v) is 3.79. The summed E-state index contributed by atoms with van der Waals surface area (Å²) in [7, 11) is 0. The molecule has 0 atom stereocenters. The first-order valence-electron chi connectivity index (χ1n) is 8.11. The van der Waals surface area contributed by atoms with Gasteiger partial charge in [-0.25, -0.2) is 4.79 Å². The summed E-state index contributed by atoms with van der Waals surface area (Å²) in [5.41, 5.74) is 0.296. The lowest BCUT2D eigenvalue weighted by molar-refractivity contribution is -0.385. The molecule has 3 rings (SSSR count). The van der Waals surface area contributed by atoms with Gasteiger partial charge in [0.2, 0.25) is 0 Å². The molecule has 6 nitrogen and oxygen atoms in total. The molecule has 0 fully saturated rings. The minimum absolute atomic E-state index is 0.0677. The fourth-order valence-electron chi connectivity index (χ4n) is 2.70. The van der Waals surface area contributed by atoms with E-state index in [2.05, 4.69) is 4.98 Å². The minimum atomic E-state index is -0.733. The summed E-state index contributed by atoms with van der Waals surface area (Å²) in [4.78, 5) is 27.5. The highest BCUT2D eigenvalue weighted by molar-refractivity contribution is 5.99. The van der Waals surface area contributed by atoms with Crippen LogP contribution in [0.1, 0.15) is 31.1 Å². The minimum Gasteiger partial charge on any atom is -0.456 e. The Labute approximate surface area is 150 Å². The average molecular weight is 350 g/mol. The molecule has 1 heterocycles. The largest absolute Gasteiger partial charge is 0.456 e. The lowest BCUT2D eigenvalue weighted by Crippen LogP contribution is -2.24. The van der Waals surface area contributed by atoms with Crippen LogP contribution in [0, 0.1) is 10.1 Å². The molecule has 6 heteroatoms. The number of benzene rings is 2. The van der Waals surface area contributed by atoms with E-state index in [1.54, 1.807) is 39.2 Å². The zero-order valence-corrected chi connectivity index (χ0v) is 14.7. The SMILES string of the molecule is CC(C)(C)OC(=O)c1ccc(-c2cncc3ccccc23)cc1[N+](=O)[O-]. The van der Waals surface area contributed by atoms with Crippen LogP contribution < -0.4 is 0 Å². The third-order valence-electron chi connectivity index (χ3n) is 3.79. The van der Waals surface area contributed by atoms with Gasteiger partial charge in [0.25, 0.3) is 5.69 Å². The number of fused-ring (bicyclic) bond motifs is 1. The van der Waals surface area contributed by atoms with Crippen molar-refractivity contribution in [3.63, 3.8) is 0 Å². The molecule has 3 aromatic rings. The van der Waals surface area contributed by atoms with Crippen molar-refractivity contribution >= 4 is 22.4 Å². The maximum absolute atomic E-state index is 12.3. The molecule has 2 aromatic carbocycles. The van der Waals surface area contributed by atoms with Crippen LogP contribution >= 0.6 is 0 Å². The van der Waals surface area contributed by atoms with E-state index in [0.717, 1.165) is 16.3 Å². The summed E-state index contributed by atoms with van der Waals surface area (Å²) >= 11 is 0. The molecule has 0 amide bonds. The van der Waals surface area contributed by atoms with Gasteiger partial charge in [0, 0.05) is 29.4 Å². The van der Waals surface area contributed by atoms with Crippen molar-refractivity contribution in [2.45, 2.75) is 26.4 Å². The standard InChI is InChI=1S/C20H18N2O4/c1-20(2,3)26-19(23)16-9-8-13(10-18(16)22(24)25)17-12-21-11-14-6-4-5-7-15(14)17/h4-12H,1-3H3. The van der Waals surface area contributed by atoms with E-state index in [9.17, 15) is 14.9 Å². The molecule has 1 aromatic heterocycles. The molecule has 0 aliphatic carbocycles. The fraction of sp³-hybridized carbons (Fsp3) is 0.200. The van der Waals surface area contributed by atoms with Crippen molar-refractivity contribution in [3.05, 3.63) is 70.5 Å². The molecule has 0 spiro atoms. The Bertz CT molecular complexity index is 1000. The molecule has 0 unspecified atom stereocenters. The first kappa shape index (κ1) is 17.5. The Kier molecular flexibility index (Phi) is 4.42. The smallest absolute Gasteiger partial charge is 0.345 e. The molecule has 0 aliphatic heterocycles. The molecular formula is C20H18N2O4. The second kappa shape index (κ2) is 6.55. The first-order chi connectivity index (χ1) is 12.3. The number of nitro groups is 1. The number of hydrogen-bond acceptors (Lipinski definition) is 5. The summed E-state index contributed by atoms with van der Waals surface area (Å²) in [6.07, 6.45) is 3.40. The Hall–Kier alpha value is -3.28. The highest BCUT2D eigenvalue weighted by Gasteiger charge is 2.26. The van der Waals surface area contributed by atoms with E-state index in [1.807, 2.05) is 24.3 Å². The number of esters is 1. The molecular weight excluding hydrogens is 332 g/mol. The van der Waals surface area contributed by atoms with Gasteiger partial charge in [-0.2, -0.15) is 0 Å². The molecule has 132 valence electrons. The molecule has 0 saturated heterocycles. The summed E-state index contributed by atoms with van der Waals surface area (Å²) in [5, 5.41) is 13.4. The Morgan fingerprint density at radius 2 is 1.85 bits per heavy atom. The predicted octanol–water partition coefficient (Wildman–Crippen LogP) is 4.77. The topological polar surface area (TPSA) is 82.3 Å². The Balaban J connectivity index is 2.12. The third kappa shape index (κ3) is 3.54. The van der Waals surface area contributed by atoms with Crippen LogP contribution in [0.5, 0.6) is 0 Å². The van der Waals surface area contributed by atoms with Crippen LogP contribution in [0.3, 0.4) is 0 Å². The van der Waals surface area contributed by atoms with E-state index in [-0.39, 0.29) is 11.3 Å². The monoisotopic (exact) mass is 350 g/mol. The van der Waals surface area contributed by atoms with Crippen LogP contribution in [0.2, 0.25) is 0 Å². The van der Waals surface area contributed by atoms with Gasteiger partial charge in [0.15, 0.2) is 0 Å². The molecule has 26 heavy (non-hydrogen) atoms. The summed E-state index contributed by atoms with van der Waals surface area (Å²) in [6, 6.07) is 12.2. The number of rotatable bonds is 3. The molecule has 0 saturated carbocycles. The number of ether oxygens (including phenoxy) is 1. The van der Waals surface area contributed by atoms with Gasteiger partial charge < -0.3 is 4.74 Å². The number of carbonyl (C=O) groups is 1. The van der Waals surface area contributed by atoms with Gasteiger partial charge in [-0.05, 0) is 37.8 Å². The van der Waals surface area contributed by atoms with E-state index in [1.165, 1.54) is 12.1 Å². The van der Waals surface area contributed by atoms with Crippen LogP contribution in [-0.4, -0.2) is 21.5 Å². The van der Waals surface area contributed by atoms with Crippen molar-refractivity contribution in [1.82, 2.24) is 4.98 Å². The van der Waals surface area contributed by atoms with Gasteiger partial charge in [0.1, 0.15) is 11.2 Å². The number of aromatic nitrogens is 1. The van der Waals surface area contributed by atoms with Crippen LogP contribution in [-0.2, 0) is 4.74 Å². The molecule has 0 N–H and O–H groups in total. The Morgan fingerprint density at radius 3 is 2.54 bits per heavy atom. The van der Waals surface area contributed by atoms with Crippen LogP contribution in [0.15, 0.2) is 54.9 Å². The van der Waals surface area contributed by atoms with E-state index in [4.69, 9.17) is 4.74 Å². The molecule has 0 radical (unpaired) electrons. The van der Waals surface area contributed by atoms with Gasteiger partial charge in [-0.3, -0.25) is 15.1 Å². The second-order valence-electron chi connectivity index (χ2n) is 6.90. The zero-order valence-electron chi connectivity index (χ0n) is 14.7. The zero-order chi connectivity index (χ0) is 18.9. The highest BCUT2D eigenvalue weighted by atomic mass is 16.6. The molecule has 0 aliphatic rings. The predicted molar refractivity (Wildman–Crippen MR) is 99.0 cm³/mol. The van der Waals surface area contributed by atoms with Crippen molar-refractivity contribution < 1.29 is 14.5 Å². The first-order valence-corrected chi connectivity index (χ1v) is 8.11. The molecule has 0 bridgehead atoms. The number of nitro benzene ring substituents is 1. The number of nitrogens with zero attached hydrogens (tertiary/aromatic N) is 2. The van der Waals surface area contributed by atoms with Crippen molar-refractivity contribution in [2.75, 3.05) is 0 Å². The number of pyridine rings is 1. The second-order valence-corrected chi connectivity index (χ2v) is 6.90. The normalized spacial score (nSPS) is 11.3. The Morgan fingerprint density at radius 1 is 1.12 bits per heavy atom. The van der Waals surface area contributed by atoms with Gasteiger partial charge in [-0.1, -0.05) is 30.3 Å². The highest BCUT2D eigenvalue weighted by Crippen LogP contribution is 2.32. The van der Waals surface area contributed by atoms with E-state index in [0.29, 0.717) is 5.56 Å². The quantitative estimate of drug-likeness (QED) is 0.386. The van der Waals surface area contributed by atoms with E-state index < -0.39 is 16.5 Å². The maximum Gasteiger partial charge on any atom is 0.345 e. The lowest BCUT2D eigenvalue weighted by atomic mass is 9.99. The van der Waals surface area contributed by atoms with Gasteiger partial charge in [-0.15, -0.1) is 0 Å². The van der Waals surface area contributed by atoms with Crippen molar-refractivity contribution in [2.24, 2.45) is 0 Å². The average Bonchev–Trinajstić information content (AvgIpc) is 2.59. The van der Waals surface area contributed by atoms with E-state index >= 15 is 0 Å². The number of hydrogen-bond donors (Lipinski definition) is 0. The number of carbonyl (C=O) groups excluding carboxylic acids is 1. The summed E-state index contributed by atoms with van der Waals surface area (Å²) in [6.45, 7) is 5.15. The van der Waals surface area contributed by atoms with Crippen LogP contribution in [0.25, 0.3) is 21.9 Å².